The molecule has 3 rings (SSSR count). The van der Waals surface area contributed by atoms with Gasteiger partial charge in [-0.05, 0) is 23.6 Å². The lowest BCUT2D eigenvalue weighted by Crippen LogP contribution is -2.25. The lowest BCUT2D eigenvalue weighted by molar-refractivity contribution is -0.139. The highest BCUT2D eigenvalue weighted by molar-refractivity contribution is 5.43. The largest absolute Gasteiger partial charge is 0.416 e. The van der Waals surface area contributed by atoms with Gasteiger partial charge in [0, 0.05) is 23.9 Å². The fourth-order valence-electron chi connectivity index (χ4n) is 2.70. The van der Waals surface area contributed by atoms with Crippen molar-refractivity contribution in [1.82, 2.24) is 4.98 Å². The van der Waals surface area contributed by atoms with Gasteiger partial charge >= 0.3 is 6.18 Å². The van der Waals surface area contributed by atoms with Crippen LogP contribution >= 0.6 is 0 Å². The summed E-state index contributed by atoms with van der Waals surface area (Å²) in [5, 5.41) is 10.3. The van der Waals surface area contributed by atoms with Crippen molar-refractivity contribution >= 4 is 0 Å². The maximum absolute atomic E-state index is 13.0. The Balaban J connectivity index is 1.96. The van der Waals surface area contributed by atoms with Gasteiger partial charge in [-0.15, -0.1) is 0 Å². The number of fused-ring (bicyclic) bond motifs is 1. The predicted molar refractivity (Wildman–Crippen MR) is 67.1 cm³/mol. The molecule has 1 aromatic heterocycles. The van der Waals surface area contributed by atoms with Crippen LogP contribution in [-0.4, -0.2) is 10.1 Å². The molecule has 0 saturated carbocycles. The number of alkyl halides is 3. The lowest BCUT2D eigenvalue weighted by atomic mass is 9.72. The van der Waals surface area contributed by atoms with Gasteiger partial charge in [-0.2, -0.15) is 13.2 Å². The Kier molecular flexibility index (Phi) is 3.01. The summed E-state index contributed by atoms with van der Waals surface area (Å²) in [6.45, 7) is 0. The van der Waals surface area contributed by atoms with E-state index >= 15 is 0 Å². The number of halogens is 3. The van der Waals surface area contributed by atoms with Crippen molar-refractivity contribution in [2.45, 2.75) is 24.6 Å². The molecule has 20 heavy (non-hydrogen) atoms. The first-order valence-corrected chi connectivity index (χ1v) is 6.25. The van der Waals surface area contributed by atoms with Crippen molar-refractivity contribution in [1.29, 1.82) is 0 Å². The molecule has 0 radical (unpaired) electrons. The van der Waals surface area contributed by atoms with Gasteiger partial charge in [0.2, 0.25) is 0 Å². The van der Waals surface area contributed by atoms with E-state index in [1.807, 2.05) is 24.3 Å². The fraction of sp³-hybridized carbons (Fsp3) is 0.267. The first-order valence-electron chi connectivity index (χ1n) is 6.25. The maximum atomic E-state index is 13.0. The molecule has 2 nitrogen and oxygen atoms in total. The molecular weight excluding hydrogens is 267 g/mol. The minimum Gasteiger partial charge on any atom is -0.388 e. The highest BCUT2D eigenvalue weighted by Crippen LogP contribution is 2.45. The standard InChI is InChI=1S/C15H12F3NO/c16-15(17,18)13-5-6-19-8-12(13)14(20)11-7-9-3-1-2-4-10(9)11/h1-6,8,11,14,20H,7H2. The van der Waals surface area contributed by atoms with Crippen LogP contribution in [0.3, 0.4) is 0 Å². The predicted octanol–water partition coefficient (Wildman–Crippen LogP) is 3.47. The Labute approximate surface area is 113 Å². The SMILES string of the molecule is OC(c1cnccc1C(F)(F)F)C1Cc2ccccc21. The summed E-state index contributed by atoms with van der Waals surface area (Å²) in [4.78, 5) is 3.72. The zero-order valence-electron chi connectivity index (χ0n) is 10.4. The van der Waals surface area contributed by atoms with E-state index in [4.69, 9.17) is 0 Å². The van der Waals surface area contributed by atoms with Gasteiger partial charge in [-0.25, -0.2) is 0 Å². The Hall–Kier alpha value is -1.88. The molecular formula is C15H12F3NO. The molecule has 0 fully saturated rings. The zero-order chi connectivity index (χ0) is 14.3. The number of hydrogen-bond acceptors (Lipinski definition) is 2. The average molecular weight is 279 g/mol. The minimum absolute atomic E-state index is 0.153. The number of aliphatic hydroxyl groups excluding tert-OH is 1. The average Bonchev–Trinajstić information content (AvgIpc) is 2.39. The Morgan fingerprint density at radius 3 is 2.65 bits per heavy atom. The van der Waals surface area contributed by atoms with Crippen molar-refractivity contribution in [3.8, 4) is 0 Å². The van der Waals surface area contributed by atoms with E-state index in [-0.39, 0.29) is 11.5 Å². The second-order valence-corrected chi connectivity index (χ2v) is 4.91. The van der Waals surface area contributed by atoms with Crippen LogP contribution in [0, 0.1) is 0 Å². The number of hydrogen-bond donors (Lipinski definition) is 1. The third kappa shape index (κ3) is 2.08. The van der Waals surface area contributed by atoms with Crippen LogP contribution in [0.25, 0.3) is 0 Å². The Morgan fingerprint density at radius 1 is 1.20 bits per heavy atom. The first kappa shape index (κ1) is 13.1. The van der Waals surface area contributed by atoms with Gasteiger partial charge in [0.1, 0.15) is 0 Å². The molecule has 1 aromatic carbocycles. The number of benzene rings is 1. The van der Waals surface area contributed by atoms with Crippen molar-refractivity contribution in [3.05, 3.63) is 65.0 Å². The normalized spacial score (nSPS) is 19.1. The molecule has 104 valence electrons. The summed E-state index contributed by atoms with van der Waals surface area (Å²) in [5.74, 6) is -0.295. The van der Waals surface area contributed by atoms with Gasteiger partial charge in [0.05, 0.1) is 11.7 Å². The molecule has 0 saturated heterocycles. The van der Waals surface area contributed by atoms with Crippen molar-refractivity contribution in [3.63, 3.8) is 0 Å². The van der Waals surface area contributed by atoms with Crippen LogP contribution < -0.4 is 0 Å². The second-order valence-electron chi connectivity index (χ2n) is 4.91. The van der Waals surface area contributed by atoms with Gasteiger partial charge in [-0.1, -0.05) is 24.3 Å². The molecule has 0 bridgehead atoms. The minimum atomic E-state index is -4.48. The molecule has 2 unspecified atom stereocenters. The number of pyridine rings is 1. The molecule has 1 heterocycles. The number of aliphatic hydroxyl groups is 1. The van der Waals surface area contributed by atoms with Crippen LogP contribution in [0.15, 0.2) is 42.7 Å². The van der Waals surface area contributed by atoms with Crippen LogP contribution in [0.1, 0.15) is 34.3 Å². The molecule has 0 aliphatic heterocycles. The van der Waals surface area contributed by atoms with E-state index < -0.39 is 17.8 Å². The first-order chi connectivity index (χ1) is 9.48. The molecule has 1 N–H and O–H groups in total. The van der Waals surface area contributed by atoms with Gasteiger partial charge in [0.15, 0.2) is 0 Å². The summed E-state index contributed by atoms with van der Waals surface area (Å²) >= 11 is 0. The molecule has 2 aromatic rings. The third-order valence-corrected chi connectivity index (χ3v) is 3.75. The summed E-state index contributed by atoms with van der Waals surface area (Å²) < 4.78 is 38.9. The van der Waals surface area contributed by atoms with Crippen LogP contribution in [0.5, 0.6) is 0 Å². The summed E-state index contributed by atoms with van der Waals surface area (Å²) in [7, 11) is 0. The molecule has 1 aliphatic rings. The summed E-state index contributed by atoms with van der Waals surface area (Å²) in [6, 6.07) is 8.38. The Bertz CT molecular complexity index is 639. The van der Waals surface area contributed by atoms with Crippen molar-refractivity contribution < 1.29 is 18.3 Å². The second kappa shape index (κ2) is 4.59. The van der Waals surface area contributed by atoms with E-state index in [9.17, 15) is 18.3 Å². The van der Waals surface area contributed by atoms with Crippen LogP contribution in [0.4, 0.5) is 13.2 Å². The van der Waals surface area contributed by atoms with E-state index in [1.54, 1.807) is 0 Å². The Morgan fingerprint density at radius 2 is 1.95 bits per heavy atom. The van der Waals surface area contributed by atoms with E-state index in [1.165, 1.54) is 0 Å². The summed E-state index contributed by atoms with van der Waals surface area (Å²) in [5.41, 5.74) is 1.02. The van der Waals surface area contributed by atoms with E-state index in [2.05, 4.69) is 4.98 Å². The van der Waals surface area contributed by atoms with E-state index in [0.29, 0.717) is 6.42 Å². The van der Waals surface area contributed by atoms with E-state index in [0.717, 1.165) is 29.6 Å². The highest BCUT2D eigenvalue weighted by atomic mass is 19.4. The molecule has 5 heteroatoms. The molecule has 0 spiro atoms. The molecule has 0 amide bonds. The monoisotopic (exact) mass is 279 g/mol. The molecule has 2 atom stereocenters. The lowest BCUT2D eigenvalue weighted by Gasteiger charge is -2.34. The smallest absolute Gasteiger partial charge is 0.388 e. The quantitative estimate of drug-likeness (QED) is 0.913. The topological polar surface area (TPSA) is 33.1 Å². The maximum Gasteiger partial charge on any atom is 0.416 e. The summed E-state index contributed by atoms with van der Waals surface area (Å²) in [6.07, 6.45) is -2.89. The van der Waals surface area contributed by atoms with Crippen molar-refractivity contribution in [2.75, 3.05) is 0 Å². The van der Waals surface area contributed by atoms with Gasteiger partial charge < -0.3 is 5.11 Å². The molecule has 1 aliphatic carbocycles. The van der Waals surface area contributed by atoms with Crippen LogP contribution in [0.2, 0.25) is 0 Å². The number of aromatic nitrogens is 1. The van der Waals surface area contributed by atoms with Crippen LogP contribution in [-0.2, 0) is 12.6 Å². The highest BCUT2D eigenvalue weighted by Gasteiger charge is 2.39. The number of rotatable bonds is 2. The third-order valence-electron chi connectivity index (χ3n) is 3.75. The zero-order valence-corrected chi connectivity index (χ0v) is 10.4. The van der Waals surface area contributed by atoms with Crippen molar-refractivity contribution in [2.24, 2.45) is 0 Å². The fourth-order valence-corrected chi connectivity index (χ4v) is 2.70. The number of nitrogens with zero attached hydrogens (tertiary/aromatic N) is 1. The van der Waals surface area contributed by atoms with Gasteiger partial charge in [-0.3, -0.25) is 4.98 Å². The van der Waals surface area contributed by atoms with Gasteiger partial charge in [0.25, 0.3) is 0 Å².